The van der Waals surface area contributed by atoms with Gasteiger partial charge >= 0.3 is 5.97 Å². The number of esters is 1. The number of hydrogen-bond acceptors (Lipinski definition) is 6. The molecular weight excluding hydrogens is 535 g/mol. The molecule has 2 aromatic rings. The fourth-order valence-electron chi connectivity index (χ4n) is 3.62. The second-order valence-electron chi connectivity index (χ2n) is 7.55. The fraction of sp³-hybridized carbons (Fsp3) is 0.458. The van der Waals surface area contributed by atoms with Gasteiger partial charge in [-0.2, -0.15) is 0 Å². The van der Waals surface area contributed by atoms with Crippen molar-refractivity contribution in [1.82, 2.24) is 15.2 Å². The van der Waals surface area contributed by atoms with E-state index in [4.69, 9.17) is 14.2 Å². The number of guanidine groups is 1. The van der Waals surface area contributed by atoms with Gasteiger partial charge in [0.2, 0.25) is 5.88 Å². The first-order valence-electron chi connectivity index (χ1n) is 11.0. The topological polar surface area (TPSA) is 85.3 Å². The van der Waals surface area contributed by atoms with Gasteiger partial charge in [-0.1, -0.05) is 25.1 Å². The molecule has 0 amide bonds. The molecule has 1 aromatic heterocycles. The number of rotatable bonds is 8. The van der Waals surface area contributed by atoms with E-state index in [1.807, 2.05) is 36.4 Å². The number of carbonyl (C=O) groups excluding carboxylic acids is 1. The Kier molecular flexibility index (Phi) is 11.2. The lowest BCUT2D eigenvalue weighted by atomic mass is 9.97. The Balaban J connectivity index is 0.00000385. The molecule has 8 nitrogen and oxygen atoms in total. The number of aliphatic imine (C=N–C) groups is 1. The predicted octanol–water partition coefficient (Wildman–Crippen LogP) is 4.24. The Hall–Kier alpha value is -2.56. The van der Waals surface area contributed by atoms with Gasteiger partial charge in [-0.3, -0.25) is 9.79 Å². The lowest BCUT2D eigenvalue weighted by Gasteiger charge is -2.33. The number of piperidine rings is 1. The SMILES string of the molecule is CCCOc1ccccc1Oc1ncccc1CNC(=NC)N1CCC(C(=O)OC)CC1.I. The van der Waals surface area contributed by atoms with Gasteiger partial charge in [-0.25, -0.2) is 4.98 Å². The van der Waals surface area contributed by atoms with Gasteiger partial charge in [-0.15, -0.1) is 24.0 Å². The van der Waals surface area contributed by atoms with Crippen LogP contribution in [-0.2, 0) is 16.1 Å². The van der Waals surface area contributed by atoms with Crippen molar-refractivity contribution >= 4 is 35.9 Å². The Morgan fingerprint density at radius 2 is 1.91 bits per heavy atom. The highest BCUT2D eigenvalue weighted by molar-refractivity contribution is 14.0. The van der Waals surface area contributed by atoms with Crippen molar-refractivity contribution in [3.8, 4) is 17.4 Å². The number of methoxy groups -OCH3 is 1. The van der Waals surface area contributed by atoms with Gasteiger partial charge < -0.3 is 24.4 Å². The molecule has 3 rings (SSSR count). The summed E-state index contributed by atoms with van der Waals surface area (Å²) in [6.45, 7) is 4.69. The molecule has 1 N–H and O–H groups in total. The molecule has 9 heteroatoms. The number of nitrogens with one attached hydrogen (secondary N) is 1. The number of halogens is 1. The van der Waals surface area contributed by atoms with Crippen LogP contribution >= 0.6 is 24.0 Å². The fourth-order valence-corrected chi connectivity index (χ4v) is 3.62. The quantitative estimate of drug-likeness (QED) is 0.221. The summed E-state index contributed by atoms with van der Waals surface area (Å²) in [4.78, 5) is 22.8. The van der Waals surface area contributed by atoms with Crippen molar-refractivity contribution < 1.29 is 19.0 Å². The molecule has 0 unspecified atom stereocenters. The summed E-state index contributed by atoms with van der Waals surface area (Å²) < 4.78 is 16.8. The molecule has 0 bridgehead atoms. The van der Waals surface area contributed by atoms with E-state index in [2.05, 4.69) is 27.1 Å². The summed E-state index contributed by atoms with van der Waals surface area (Å²) >= 11 is 0. The van der Waals surface area contributed by atoms with Crippen LogP contribution in [0.5, 0.6) is 17.4 Å². The molecular formula is C24H33IN4O4. The second kappa shape index (κ2) is 13.9. The molecule has 0 radical (unpaired) electrons. The van der Waals surface area contributed by atoms with Crippen molar-refractivity contribution in [2.24, 2.45) is 10.9 Å². The first-order chi connectivity index (χ1) is 15.7. The molecule has 0 saturated carbocycles. The average molecular weight is 568 g/mol. The second-order valence-corrected chi connectivity index (χ2v) is 7.55. The first kappa shape index (κ1) is 26.7. The van der Waals surface area contributed by atoms with Crippen LogP contribution in [0.2, 0.25) is 0 Å². The zero-order chi connectivity index (χ0) is 22.8. The van der Waals surface area contributed by atoms with E-state index >= 15 is 0 Å². The number of aromatic nitrogens is 1. The minimum absolute atomic E-state index is 0. The van der Waals surface area contributed by atoms with E-state index in [0.717, 1.165) is 43.9 Å². The maximum atomic E-state index is 11.8. The van der Waals surface area contributed by atoms with E-state index in [1.54, 1.807) is 13.2 Å². The van der Waals surface area contributed by atoms with Crippen LogP contribution in [0.15, 0.2) is 47.6 Å². The number of nitrogens with zero attached hydrogens (tertiary/aromatic N) is 3. The molecule has 0 spiro atoms. The molecule has 2 heterocycles. The standard InChI is InChI=1S/C24H32N4O4.HI/c1-4-16-31-20-9-5-6-10-21(20)32-22-19(8-7-13-26-22)17-27-24(25-2)28-14-11-18(12-15-28)23(29)30-3;/h5-10,13,18H,4,11-12,14-17H2,1-3H3,(H,25,27);1H. The van der Waals surface area contributed by atoms with Crippen LogP contribution in [-0.4, -0.2) is 55.7 Å². The van der Waals surface area contributed by atoms with Gasteiger partial charge in [0.15, 0.2) is 17.5 Å². The highest BCUT2D eigenvalue weighted by Crippen LogP contribution is 2.32. The van der Waals surface area contributed by atoms with Crippen LogP contribution in [0.3, 0.4) is 0 Å². The molecule has 180 valence electrons. The average Bonchev–Trinajstić information content (AvgIpc) is 2.84. The third-order valence-electron chi connectivity index (χ3n) is 5.35. The Morgan fingerprint density at radius 3 is 2.58 bits per heavy atom. The maximum Gasteiger partial charge on any atom is 0.308 e. The molecule has 1 aromatic carbocycles. The molecule has 33 heavy (non-hydrogen) atoms. The van der Waals surface area contributed by atoms with Crippen molar-refractivity contribution in [3.05, 3.63) is 48.2 Å². The van der Waals surface area contributed by atoms with Crippen LogP contribution in [0.4, 0.5) is 0 Å². The van der Waals surface area contributed by atoms with E-state index in [0.29, 0.717) is 30.5 Å². The van der Waals surface area contributed by atoms with Crippen molar-refractivity contribution in [3.63, 3.8) is 0 Å². The van der Waals surface area contributed by atoms with Crippen molar-refractivity contribution in [1.29, 1.82) is 0 Å². The highest BCUT2D eigenvalue weighted by atomic mass is 127. The number of likely N-dealkylation sites (tertiary alicyclic amines) is 1. The molecule has 1 fully saturated rings. The summed E-state index contributed by atoms with van der Waals surface area (Å²) in [7, 11) is 3.20. The Morgan fingerprint density at radius 1 is 1.18 bits per heavy atom. The molecule has 1 aliphatic rings. The lowest BCUT2D eigenvalue weighted by Crippen LogP contribution is -2.46. The smallest absolute Gasteiger partial charge is 0.308 e. The van der Waals surface area contributed by atoms with Crippen molar-refractivity contribution in [2.75, 3.05) is 33.9 Å². The van der Waals surface area contributed by atoms with Crippen LogP contribution < -0.4 is 14.8 Å². The van der Waals surface area contributed by atoms with E-state index in [1.165, 1.54) is 7.11 Å². The molecule has 0 aliphatic carbocycles. The predicted molar refractivity (Wildman–Crippen MR) is 138 cm³/mol. The largest absolute Gasteiger partial charge is 0.490 e. The number of carbonyl (C=O) groups is 1. The number of pyridine rings is 1. The minimum atomic E-state index is -0.132. The summed E-state index contributed by atoms with van der Waals surface area (Å²) in [6.07, 6.45) is 4.14. The van der Waals surface area contributed by atoms with E-state index in [9.17, 15) is 4.79 Å². The van der Waals surface area contributed by atoms with Crippen LogP contribution in [0, 0.1) is 5.92 Å². The summed E-state index contributed by atoms with van der Waals surface area (Å²) in [6, 6.07) is 11.5. The number of para-hydroxylation sites is 2. The van der Waals surface area contributed by atoms with E-state index in [-0.39, 0.29) is 35.9 Å². The minimum Gasteiger partial charge on any atom is -0.490 e. The third-order valence-corrected chi connectivity index (χ3v) is 5.35. The lowest BCUT2D eigenvalue weighted by molar-refractivity contribution is -0.146. The first-order valence-corrected chi connectivity index (χ1v) is 11.0. The van der Waals surface area contributed by atoms with Gasteiger partial charge in [0.05, 0.1) is 19.6 Å². The maximum absolute atomic E-state index is 11.8. The number of hydrogen-bond donors (Lipinski definition) is 1. The highest BCUT2D eigenvalue weighted by Gasteiger charge is 2.27. The summed E-state index contributed by atoms with van der Waals surface area (Å²) in [5.41, 5.74) is 0.906. The van der Waals surface area contributed by atoms with Gasteiger partial charge in [0.1, 0.15) is 0 Å². The normalized spacial score (nSPS) is 14.3. The monoisotopic (exact) mass is 568 g/mol. The summed E-state index contributed by atoms with van der Waals surface area (Å²) in [5, 5.41) is 3.40. The van der Waals surface area contributed by atoms with E-state index < -0.39 is 0 Å². The Bertz CT molecular complexity index is 917. The van der Waals surface area contributed by atoms with Crippen molar-refractivity contribution in [2.45, 2.75) is 32.7 Å². The molecule has 1 saturated heterocycles. The summed E-state index contributed by atoms with van der Waals surface area (Å²) in [5.74, 6) is 2.47. The Labute approximate surface area is 212 Å². The van der Waals surface area contributed by atoms with Gasteiger partial charge in [-0.05, 0) is 37.5 Å². The van der Waals surface area contributed by atoms with Crippen LogP contribution in [0.1, 0.15) is 31.7 Å². The van der Waals surface area contributed by atoms with Crippen LogP contribution in [0.25, 0.3) is 0 Å². The molecule has 1 aliphatic heterocycles. The number of benzene rings is 1. The molecule has 0 atom stereocenters. The third kappa shape index (κ3) is 7.48. The number of ether oxygens (including phenoxy) is 3. The zero-order valence-corrected chi connectivity index (χ0v) is 21.8. The van der Waals surface area contributed by atoms with Gasteiger partial charge in [0, 0.05) is 38.4 Å². The van der Waals surface area contributed by atoms with Gasteiger partial charge in [0.25, 0.3) is 0 Å². The zero-order valence-electron chi connectivity index (χ0n) is 19.5.